The average molecular weight is 350 g/mol. The van der Waals surface area contributed by atoms with Gasteiger partial charge in [0.15, 0.2) is 5.75 Å². The summed E-state index contributed by atoms with van der Waals surface area (Å²) in [6.45, 7) is 2.74. The van der Waals surface area contributed by atoms with Crippen LogP contribution in [-0.2, 0) is 9.59 Å². The average Bonchev–Trinajstić information content (AvgIpc) is 2.60. The van der Waals surface area contributed by atoms with Gasteiger partial charge in [-0.05, 0) is 24.6 Å². The summed E-state index contributed by atoms with van der Waals surface area (Å²) in [6, 6.07) is 16.0. The Labute approximate surface area is 150 Å². The van der Waals surface area contributed by atoms with Crippen LogP contribution in [-0.4, -0.2) is 11.8 Å². The molecule has 132 valence electrons. The van der Waals surface area contributed by atoms with Gasteiger partial charge in [-0.1, -0.05) is 42.5 Å². The second kappa shape index (κ2) is 7.35. The number of para-hydroxylation sites is 1. The Bertz CT molecular complexity index is 1020. The Morgan fingerprint density at radius 3 is 2.31 bits per heavy atom. The first kappa shape index (κ1) is 17.6. The number of fused-ring (bicyclic) bond motifs is 1. The Hall–Kier alpha value is -3.21. The number of Topliss-reactive ketones (excluding diaryl/α,β-unsaturated/α-hetero) is 1. The summed E-state index contributed by atoms with van der Waals surface area (Å²) in [4.78, 5) is 36.3. The van der Waals surface area contributed by atoms with Crippen molar-refractivity contribution in [3.63, 3.8) is 0 Å². The van der Waals surface area contributed by atoms with E-state index in [1.807, 2.05) is 30.3 Å². The van der Waals surface area contributed by atoms with Crippen molar-refractivity contribution in [1.29, 1.82) is 0 Å². The van der Waals surface area contributed by atoms with Crippen molar-refractivity contribution in [1.82, 2.24) is 0 Å². The van der Waals surface area contributed by atoms with Gasteiger partial charge in [-0.3, -0.25) is 9.59 Å². The number of rotatable bonds is 5. The molecule has 0 radical (unpaired) electrons. The Kier molecular flexibility index (Phi) is 4.98. The fourth-order valence-corrected chi connectivity index (χ4v) is 3.05. The molecule has 1 unspecified atom stereocenters. The molecule has 5 heteroatoms. The van der Waals surface area contributed by atoms with Gasteiger partial charge in [-0.2, -0.15) is 0 Å². The lowest BCUT2D eigenvalue weighted by molar-refractivity contribution is -0.131. The lowest BCUT2D eigenvalue weighted by Crippen LogP contribution is -2.19. The monoisotopic (exact) mass is 350 g/mol. The first-order chi connectivity index (χ1) is 12.5. The van der Waals surface area contributed by atoms with Gasteiger partial charge in [0, 0.05) is 19.3 Å². The Morgan fingerprint density at radius 1 is 1.00 bits per heavy atom. The number of carbonyl (C=O) groups is 2. The predicted molar refractivity (Wildman–Crippen MR) is 97.4 cm³/mol. The molecular formula is C21H18O5. The molecule has 5 nitrogen and oxygen atoms in total. The molecule has 0 aliphatic heterocycles. The maximum Gasteiger partial charge on any atom is 0.343 e. The van der Waals surface area contributed by atoms with E-state index in [-0.39, 0.29) is 23.5 Å². The minimum absolute atomic E-state index is 0.0832. The molecule has 1 aromatic heterocycles. The summed E-state index contributed by atoms with van der Waals surface area (Å²) >= 11 is 0. The molecule has 0 N–H and O–H groups in total. The van der Waals surface area contributed by atoms with Crippen molar-refractivity contribution < 1.29 is 18.7 Å². The standard InChI is InChI=1S/C21H18O5/c1-13(22)12-17(15-8-4-3-5-9-15)19-20(25-14(2)23)16-10-6-7-11-18(16)26-21(19)24/h3-11,17H,12H2,1-2H3. The highest BCUT2D eigenvalue weighted by Crippen LogP contribution is 2.37. The van der Waals surface area contributed by atoms with Gasteiger partial charge in [0.2, 0.25) is 0 Å². The van der Waals surface area contributed by atoms with Crippen LogP contribution in [0.15, 0.2) is 63.8 Å². The molecule has 0 saturated carbocycles. The first-order valence-corrected chi connectivity index (χ1v) is 8.26. The molecule has 1 heterocycles. The largest absolute Gasteiger partial charge is 0.425 e. The first-order valence-electron chi connectivity index (χ1n) is 8.26. The van der Waals surface area contributed by atoms with Gasteiger partial charge < -0.3 is 9.15 Å². The summed E-state index contributed by atoms with van der Waals surface area (Å²) < 4.78 is 10.9. The minimum atomic E-state index is -0.616. The third kappa shape index (κ3) is 3.57. The lowest BCUT2D eigenvalue weighted by Gasteiger charge is -2.19. The summed E-state index contributed by atoms with van der Waals surface area (Å²) in [6.07, 6.45) is 0.0986. The zero-order valence-corrected chi connectivity index (χ0v) is 14.5. The third-order valence-electron chi connectivity index (χ3n) is 4.09. The van der Waals surface area contributed by atoms with Crippen LogP contribution in [0.2, 0.25) is 0 Å². The van der Waals surface area contributed by atoms with E-state index in [2.05, 4.69) is 0 Å². The summed E-state index contributed by atoms with van der Waals surface area (Å²) in [5, 5.41) is 0.516. The molecule has 0 aliphatic carbocycles. The predicted octanol–water partition coefficient (Wildman–Crippen LogP) is 3.83. The molecule has 3 rings (SSSR count). The molecular weight excluding hydrogens is 332 g/mol. The van der Waals surface area contributed by atoms with Crippen LogP contribution in [0.25, 0.3) is 11.0 Å². The van der Waals surface area contributed by atoms with Gasteiger partial charge in [0.1, 0.15) is 11.4 Å². The van der Waals surface area contributed by atoms with Crippen LogP contribution < -0.4 is 10.4 Å². The quantitative estimate of drug-likeness (QED) is 0.516. The highest BCUT2D eigenvalue weighted by molar-refractivity contribution is 5.88. The number of ether oxygens (including phenoxy) is 1. The fraction of sp³-hybridized carbons (Fsp3) is 0.190. The fourth-order valence-electron chi connectivity index (χ4n) is 3.05. The Balaban J connectivity index is 2.32. The van der Waals surface area contributed by atoms with Crippen LogP contribution in [0.4, 0.5) is 0 Å². The van der Waals surface area contributed by atoms with E-state index in [0.29, 0.717) is 11.0 Å². The van der Waals surface area contributed by atoms with E-state index < -0.39 is 17.5 Å². The van der Waals surface area contributed by atoms with Gasteiger partial charge in [-0.25, -0.2) is 4.79 Å². The van der Waals surface area contributed by atoms with Gasteiger partial charge in [0.05, 0.1) is 10.9 Å². The Morgan fingerprint density at radius 2 is 1.65 bits per heavy atom. The molecule has 2 aromatic carbocycles. The van der Waals surface area contributed by atoms with Crippen LogP contribution in [0.1, 0.15) is 37.3 Å². The van der Waals surface area contributed by atoms with E-state index in [4.69, 9.17) is 9.15 Å². The van der Waals surface area contributed by atoms with E-state index >= 15 is 0 Å². The molecule has 0 bridgehead atoms. The van der Waals surface area contributed by atoms with Crippen molar-refractivity contribution in [3.8, 4) is 5.75 Å². The maximum absolute atomic E-state index is 12.8. The molecule has 0 amide bonds. The summed E-state index contributed by atoms with van der Waals surface area (Å²) in [5.41, 5.74) is 0.668. The van der Waals surface area contributed by atoms with E-state index in [9.17, 15) is 14.4 Å². The molecule has 26 heavy (non-hydrogen) atoms. The molecule has 0 aliphatic rings. The summed E-state index contributed by atoms with van der Waals surface area (Å²) in [5.74, 6) is -1.04. The number of benzene rings is 2. The molecule has 0 spiro atoms. The van der Waals surface area contributed by atoms with E-state index in [0.717, 1.165) is 5.56 Å². The number of carbonyl (C=O) groups excluding carboxylic acids is 2. The topological polar surface area (TPSA) is 73.6 Å². The second-order valence-corrected chi connectivity index (χ2v) is 6.09. The van der Waals surface area contributed by atoms with Gasteiger partial charge in [0.25, 0.3) is 0 Å². The van der Waals surface area contributed by atoms with Crippen molar-refractivity contribution in [3.05, 3.63) is 76.1 Å². The van der Waals surface area contributed by atoms with Crippen molar-refractivity contribution in [2.24, 2.45) is 0 Å². The molecule has 0 saturated heterocycles. The minimum Gasteiger partial charge on any atom is -0.425 e. The van der Waals surface area contributed by atoms with Crippen LogP contribution in [0, 0.1) is 0 Å². The van der Waals surface area contributed by atoms with Crippen LogP contribution in [0.5, 0.6) is 5.75 Å². The van der Waals surface area contributed by atoms with E-state index in [1.54, 1.807) is 24.3 Å². The van der Waals surface area contributed by atoms with Gasteiger partial charge >= 0.3 is 11.6 Å². The smallest absolute Gasteiger partial charge is 0.343 e. The molecule has 1 atom stereocenters. The number of ketones is 1. The highest BCUT2D eigenvalue weighted by atomic mass is 16.5. The zero-order valence-electron chi connectivity index (χ0n) is 14.5. The zero-order chi connectivity index (χ0) is 18.7. The maximum atomic E-state index is 12.8. The van der Waals surface area contributed by atoms with Crippen molar-refractivity contribution in [2.75, 3.05) is 0 Å². The van der Waals surface area contributed by atoms with Crippen molar-refractivity contribution in [2.45, 2.75) is 26.2 Å². The van der Waals surface area contributed by atoms with E-state index in [1.165, 1.54) is 13.8 Å². The number of hydrogen-bond acceptors (Lipinski definition) is 5. The lowest BCUT2D eigenvalue weighted by atomic mass is 9.87. The highest BCUT2D eigenvalue weighted by Gasteiger charge is 2.27. The second-order valence-electron chi connectivity index (χ2n) is 6.09. The van der Waals surface area contributed by atoms with Crippen LogP contribution >= 0.6 is 0 Å². The number of esters is 1. The third-order valence-corrected chi connectivity index (χ3v) is 4.09. The number of hydrogen-bond donors (Lipinski definition) is 0. The van der Waals surface area contributed by atoms with Crippen LogP contribution in [0.3, 0.4) is 0 Å². The van der Waals surface area contributed by atoms with Gasteiger partial charge in [-0.15, -0.1) is 0 Å². The summed E-state index contributed by atoms with van der Waals surface area (Å²) in [7, 11) is 0. The molecule has 3 aromatic rings. The SMILES string of the molecule is CC(=O)CC(c1ccccc1)c1c(OC(C)=O)c2ccccc2oc1=O. The normalized spacial score (nSPS) is 11.9. The molecule has 0 fully saturated rings. The van der Waals surface area contributed by atoms with Crippen molar-refractivity contribution >= 4 is 22.7 Å².